The number of nitrogens with zero attached hydrogens (tertiary/aromatic N) is 3. The van der Waals surface area contributed by atoms with Crippen LogP contribution in [-0.4, -0.2) is 38.7 Å². The monoisotopic (exact) mass is 327 g/mol. The fourth-order valence-electron chi connectivity index (χ4n) is 2.50. The number of carbonyl (C=O) groups is 1. The summed E-state index contributed by atoms with van der Waals surface area (Å²) in [5, 5.41) is 13.0. The van der Waals surface area contributed by atoms with Crippen LogP contribution in [0.5, 0.6) is 0 Å². The zero-order valence-corrected chi connectivity index (χ0v) is 12.4. The van der Waals surface area contributed by atoms with E-state index in [1.165, 1.54) is 12.1 Å². The number of benzene rings is 1. The maximum absolute atomic E-state index is 12.9. The van der Waals surface area contributed by atoms with Crippen LogP contribution in [0.2, 0.25) is 0 Å². The molecule has 1 aliphatic heterocycles. The molecule has 0 aliphatic carbocycles. The van der Waals surface area contributed by atoms with Gasteiger partial charge in [0.05, 0.1) is 6.54 Å². The molecule has 118 valence electrons. The Morgan fingerprint density at radius 2 is 2.14 bits per heavy atom. The number of carboxylic acids is 1. The van der Waals surface area contributed by atoms with E-state index >= 15 is 0 Å². The topological polar surface area (TPSA) is 79.5 Å². The first-order valence-electron chi connectivity index (χ1n) is 6.69. The molecule has 1 aromatic carbocycles. The molecule has 8 heteroatoms. The van der Waals surface area contributed by atoms with Crippen LogP contribution in [0.25, 0.3) is 11.4 Å². The van der Waals surface area contributed by atoms with Gasteiger partial charge in [0.25, 0.3) is 0 Å². The van der Waals surface area contributed by atoms with Gasteiger partial charge in [-0.25, -0.2) is 4.39 Å². The Kier molecular flexibility index (Phi) is 5.10. The van der Waals surface area contributed by atoms with Crippen LogP contribution in [0.3, 0.4) is 0 Å². The number of hydrogen-bond donors (Lipinski definition) is 1. The van der Waals surface area contributed by atoms with Crippen molar-refractivity contribution in [2.24, 2.45) is 0 Å². The zero-order valence-electron chi connectivity index (χ0n) is 11.6. The van der Waals surface area contributed by atoms with E-state index < -0.39 is 12.0 Å². The number of aromatic nitrogens is 2. The minimum absolute atomic E-state index is 0. The molecule has 0 saturated carbocycles. The van der Waals surface area contributed by atoms with Gasteiger partial charge in [-0.05, 0) is 43.7 Å². The standard InChI is InChI=1S/C14H14FN3O3.ClH/c15-10-5-3-9(4-6-10)13-16-12(21-17-13)8-18-7-1-2-11(18)14(19)20;/h3-6,11H,1-2,7-8H2,(H,19,20);1H/t11-;/m0./s1. The molecule has 0 unspecified atom stereocenters. The number of rotatable bonds is 4. The minimum Gasteiger partial charge on any atom is -0.480 e. The van der Waals surface area contributed by atoms with Crippen molar-refractivity contribution in [1.82, 2.24) is 15.0 Å². The highest BCUT2D eigenvalue weighted by Crippen LogP contribution is 2.21. The predicted octanol–water partition coefficient (Wildman–Crippen LogP) is 2.35. The molecule has 1 aliphatic rings. The van der Waals surface area contributed by atoms with E-state index in [0.29, 0.717) is 36.8 Å². The van der Waals surface area contributed by atoms with Crippen molar-refractivity contribution in [3.05, 3.63) is 36.0 Å². The minimum atomic E-state index is -0.828. The van der Waals surface area contributed by atoms with Gasteiger partial charge in [0.15, 0.2) is 0 Å². The Bertz CT molecular complexity index is 647. The van der Waals surface area contributed by atoms with Gasteiger partial charge >= 0.3 is 5.97 Å². The average molecular weight is 328 g/mol. The smallest absolute Gasteiger partial charge is 0.320 e. The molecule has 1 saturated heterocycles. The molecule has 0 amide bonds. The van der Waals surface area contributed by atoms with Gasteiger partial charge in [-0.1, -0.05) is 5.16 Å². The van der Waals surface area contributed by atoms with Crippen molar-refractivity contribution in [2.45, 2.75) is 25.4 Å². The van der Waals surface area contributed by atoms with E-state index in [1.807, 2.05) is 4.90 Å². The van der Waals surface area contributed by atoms with Crippen LogP contribution in [0.15, 0.2) is 28.8 Å². The summed E-state index contributed by atoms with van der Waals surface area (Å²) in [6.45, 7) is 1.01. The van der Waals surface area contributed by atoms with E-state index in [2.05, 4.69) is 10.1 Å². The third kappa shape index (κ3) is 3.42. The molecule has 0 spiro atoms. The van der Waals surface area contributed by atoms with Crippen molar-refractivity contribution in [1.29, 1.82) is 0 Å². The summed E-state index contributed by atoms with van der Waals surface area (Å²) in [5.41, 5.74) is 0.655. The summed E-state index contributed by atoms with van der Waals surface area (Å²) in [6.07, 6.45) is 1.48. The summed E-state index contributed by atoms with van der Waals surface area (Å²) in [6, 6.07) is 5.30. The second kappa shape index (κ2) is 6.85. The van der Waals surface area contributed by atoms with E-state index in [-0.39, 0.29) is 18.2 Å². The highest BCUT2D eigenvalue weighted by atomic mass is 35.5. The maximum Gasteiger partial charge on any atom is 0.320 e. The Labute approximate surface area is 132 Å². The van der Waals surface area contributed by atoms with Gasteiger partial charge in [0, 0.05) is 5.56 Å². The molecule has 1 aromatic heterocycles. The second-order valence-electron chi connectivity index (χ2n) is 4.99. The Balaban J connectivity index is 0.00000176. The third-order valence-electron chi connectivity index (χ3n) is 3.56. The fourth-order valence-corrected chi connectivity index (χ4v) is 2.50. The number of aliphatic carboxylic acids is 1. The van der Waals surface area contributed by atoms with Crippen molar-refractivity contribution < 1.29 is 18.8 Å². The highest BCUT2D eigenvalue weighted by molar-refractivity contribution is 5.85. The third-order valence-corrected chi connectivity index (χ3v) is 3.56. The van der Waals surface area contributed by atoms with Gasteiger partial charge in [-0.3, -0.25) is 9.69 Å². The van der Waals surface area contributed by atoms with Crippen LogP contribution in [-0.2, 0) is 11.3 Å². The van der Waals surface area contributed by atoms with E-state index in [4.69, 9.17) is 9.63 Å². The molecule has 0 radical (unpaired) electrons. The van der Waals surface area contributed by atoms with Gasteiger partial charge in [0.1, 0.15) is 11.9 Å². The van der Waals surface area contributed by atoms with Gasteiger partial charge in [0.2, 0.25) is 11.7 Å². The van der Waals surface area contributed by atoms with Crippen molar-refractivity contribution >= 4 is 18.4 Å². The summed E-state index contributed by atoms with van der Waals surface area (Å²) in [4.78, 5) is 17.2. The Morgan fingerprint density at radius 1 is 1.41 bits per heavy atom. The molecule has 1 N–H and O–H groups in total. The van der Waals surface area contributed by atoms with Crippen molar-refractivity contribution in [3.8, 4) is 11.4 Å². The first-order valence-corrected chi connectivity index (χ1v) is 6.69. The van der Waals surface area contributed by atoms with Gasteiger partial charge in [-0.2, -0.15) is 4.98 Å². The van der Waals surface area contributed by atoms with Crippen LogP contribution < -0.4 is 0 Å². The van der Waals surface area contributed by atoms with Crippen LogP contribution in [0, 0.1) is 5.82 Å². The quantitative estimate of drug-likeness (QED) is 0.928. The average Bonchev–Trinajstić information content (AvgIpc) is 3.09. The van der Waals surface area contributed by atoms with Crippen LogP contribution >= 0.6 is 12.4 Å². The van der Waals surface area contributed by atoms with E-state index in [0.717, 1.165) is 6.42 Å². The van der Waals surface area contributed by atoms with Crippen LogP contribution in [0.1, 0.15) is 18.7 Å². The first-order chi connectivity index (χ1) is 10.1. The van der Waals surface area contributed by atoms with E-state index in [1.54, 1.807) is 12.1 Å². The lowest BCUT2D eigenvalue weighted by atomic mass is 10.2. The molecular formula is C14H15ClFN3O3. The zero-order chi connectivity index (χ0) is 14.8. The molecule has 1 atom stereocenters. The lowest BCUT2D eigenvalue weighted by molar-refractivity contribution is -0.142. The predicted molar refractivity (Wildman–Crippen MR) is 78.0 cm³/mol. The Hall–Kier alpha value is -1.99. The molecule has 1 fully saturated rings. The molecule has 22 heavy (non-hydrogen) atoms. The van der Waals surface area contributed by atoms with Crippen molar-refractivity contribution in [2.75, 3.05) is 6.54 Å². The number of carboxylic acid groups (broad SMARTS) is 1. The lowest BCUT2D eigenvalue weighted by Crippen LogP contribution is -2.35. The second-order valence-corrected chi connectivity index (χ2v) is 4.99. The summed E-state index contributed by atoms with van der Waals surface area (Å²) >= 11 is 0. The Morgan fingerprint density at radius 3 is 2.82 bits per heavy atom. The first kappa shape index (κ1) is 16.4. The highest BCUT2D eigenvalue weighted by Gasteiger charge is 2.31. The molecular weight excluding hydrogens is 313 g/mol. The number of likely N-dealkylation sites (tertiary alicyclic amines) is 1. The summed E-state index contributed by atoms with van der Waals surface area (Å²) < 4.78 is 18.0. The largest absolute Gasteiger partial charge is 0.480 e. The molecule has 2 heterocycles. The van der Waals surface area contributed by atoms with Crippen LogP contribution in [0.4, 0.5) is 4.39 Å². The van der Waals surface area contributed by atoms with Gasteiger partial charge < -0.3 is 9.63 Å². The van der Waals surface area contributed by atoms with Crippen molar-refractivity contribution in [3.63, 3.8) is 0 Å². The SMILES string of the molecule is Cl.O=C(O)[C@@H]1CCCN1Cc1nc(-c2ccc(F)cc2)no1. The fraction of sp³-hybridized carbons (Fsp3) is 0.357. The number of halogens is 2. The summed E-state index contributed by atoms with van der Waals surface area (Å²) in [5.74, 6) is -0.423. The molecule has 2 aromatic rings. The van der Waals surface area contributed by atoms with Gasteiger partial charge in [-0.15, -0.1) is 12.4 Å². The molecule has 0 bridgehead atoms. The van der Waals surface area contributed by atoms with E-state index in [9.17, 15) is 9.18 Å². The summed E-state index contributed by atoms with van der Waals surface area (Å²) in [7, 11) is 0. The maximum atomic E-state index is 12.9. The normalized spacial score (nSPS) is 18.1. The molecule has 6 nitrogen and oxygen atoms in total. The lowest BCUT2D eigenvalue weighted by Gasteiger charge is -2.18. The molecule has 3 rings (SSSR count). The number of hydrogen-bond acceptors (Lipinski definition) is 5.